The summed E-state index contributed by atoms with van der Waals surface area (Å²) < 4.78 is 26.8. The molecule has 3 aromatic rings. The number of halogens is 1. The summed E-state index contributed by atoms with van der Waals surface area (Å²) >= 11 is 2.20. The summed E-state index contributed by atoms with van der Waals surface area (Å²) in [6.07, 6.45) is 1.18. The number of sulfonamides is 1. The average Bonchev–Trinajstić information content (AvgIpc) is 2.68. The lowest BCUT2D eigenvalue weighted by molar-refractivity contribution is 0.102. The topological polar surface area (TPSA) is 66.5 Å². The molecule has 0 unspecified atom stereocenters. The fourth-order valence-electron chi connectivity index (χ4n) is 2.66. The smallest absolute Gasteiger partial charge is 0.255 e. The number of benzene rings is 3. The maximum Gasteiger partial charge on any atom is 0.255 e. The Hall–Kier alpha value is -2.39. The van der Waals surface area contributed by atoms with Gasteiger partial charge in [0.05, 0.1) is 18.5 Å². The van der Waals surface area contributed by atoms with Crippen molar-refractivity contribution in [3.8, 4) is 0 Å². The van der Waals surface area contributed by atoms with Crippen molar-refractivity contribution in [2.45, 2.75) is 6.54 Å². The van der Waals surface area contributed by atoms with Crippen molar-refractivity contribution < 1.29 is 13.2 Å². The lowest BCUT2D eigenvalue weighted by Gasteiger charge is -2.22. The number of nitrogens with zero attached hydrogens (tertiary/aromatic N) is 1. The van der Waals surface area contributed by atoms with E-state index in [9.17, 15) is 13.2 Å². The third kappa shape index (κ3) is 5.32. The van der Waals surface area contributed by atoms with Gasteiger partial charge in [-0.2, -0.15) is 0 Å². The van der Waals surface area contributed by atoms with Crippen LogP contribution in [0.1, 0.15) is 15.9 Å². The molecule has 0 atom stereocenters. The first kappa shape index (κ1) is 20.3. The quantitative estimate of drug-likeness (QED) is 0.501. The maximum atomic E-state index is 12.4. The van der Waals surface area contributed by atoms with Gasteiger partial charge >= 0.3 is 0 Å². The number of amides is 1. The van der Waals surface area contributed by atoms with Crippen LogP contribution in [-0.4, -0.2) is 20.6 Å². The first-order chi connectivity index (χ1) is 13.3. The van der Waals surface area contributed by atoms with Gasteiger partial charge in [-0.15, -0.1) is 0 Å². The van der Waals surface area contributed by atoms with Crippen LogP contribution in [0.3, 0.4) is 0 Å². The van der Waals surface area contributed by atoms with Gasteiger partial charge in [0.15, 0.2) is 0 Å². The minimum Gasteiger partial charge on any atom is -0.322 e. The molecule has 0 aliphatic carbocycles. The van der Waals surface area contributed by atoms with Crippen molar-refractivity contribution in [1.82, 2.24) is 0 Å². The Balaban J connectivity index is 1.74. The molecule has 5 nitrogen and oxygen atoms in total. The van der Waals surface area contributed by atoms with Gasteiger partial charge in [-0.05, 0) is 76.7 Å². The Bertz CT molecular complexity index is 1050. The molecule has 1 N–H and O–H groups in total. The Labute approximate surface area is 178 Å². The number of hydrogen-bond acceptors (Lipinski definition) is 3. The normalized spacial score (nSPS) is 11.1. The van der Waals surface area contributed by atoms with Crippen molar-refractivity contribution in [2.75, 3.05) is 15.9 Å². The van der Waals surface area contributed by atoms with E-state index < -0.39 is 10.0 Å². The van der Waals surface area contributed by atoms with Crippen molar-refractivity contribution >= 4 is 49.9 Å². The second kappa shape index (κ2) is 8.74. The molecular formula is C21H19IN2O3S. The first-order valence-corrected chi connectivity index (χ1v) is 11.4. The highest BCUT2D eigenvalue weighted by Crippen LogP contribution is 2.20. The lowest BCUT2D eigenvalue weighted by atomic mass is 10.1. The summed E-state index contributed by atoms with van der Waals surface area (Å²) in [6.45, 7) is 0.196. The average molecular weight is 506 g/mol. The SMILES string of the molecule is CS(=O)(=O)N(Cc1ccc(C(=O)Nc2ccc(I)cc2)cc1)c1ccccc1. The number of carbonyl (C=O) groups excluding carboxylic acids is 1. The zero-order chi connectivity index (χ0) is 20.1. The van der Waals surface area contributed by atoms with Crippen LogP contribution in [0.15, 0.2) is 78.9 Å². The Morgan fingerprint density at radius 3 is 2.11 bits per heavy atom. The monoisotopic (exact) mass is 506 g/mol. The van der Waals surface area contributed by atoms with Gasteiger partial charge in [0.1, 0.15) is 0 Å². The summed E-state index contributed by atoms with van der Waals surface area (Å²) in [5, 5.41) is 2.85. The molecular weight excluding hydrogens is 487 g/mol. The first-order valence-electron chi connectivity index (χ1n) is 8.51. The second-order valence-electron chi connectivity index (χ2n) is 6.26. The number of rotatable bonds is 6. The minimum absolute atomic E-state index is 0.196. The molecule has 0 fully saturated rings. The molecule has 0 radical (unpaired) electrons. The van der Waals surface area contributed by atoms with E-state index in [2.05, 4.69) is 27.9 Å². The van der Waals surface area contributed by atoms with Gasteiger partial charge in [0.25, 0.3) is 5.91 Å². The van der Waals surface area contributed by atoms with Crippen LogP contribution < -0.4 is 9.62 Å². The predicted molar refractivity (Wildman–Crippen MR) is 121 cm³/mol. The fourth-order valence-corrected chi connectivity index (χ4v) is 3.91. The molecule has 0 saturated carbocycles. The summed E-state index contributed by atoms with van der Waals surface area (Å²) in [6, 6.07) is 23.4. The summed E-state index contributed by atoms with van der Waals surface area (Å²) in [5.74, 6) is -0.212. The van der Waals surface area contributed by atoms with Crippen molar-refractivity contribution in [2.24, 2.45) is 0 Å². The predicted octanol–water partition coefficient (Wildman–Crippen LogP) is 4.51. The van der Waals surface area contributed by atoms with Gasteiger partial charge < -0.3 is 5.32 Å². The molecule has 0 heterocycles. The van der Waals surface area contributed by atoms with Crippen molar-refractivity contribution in [3.63, 3.8) is 0 Å². The molecule has 0 aliphatic heterocycles. The van der Waals surface area contributed by atoms with E-state index in [0.29, 0.717) is 11.3 Å². The molecule has 0 spiro atoms. The Morgan fingerprint density at radius 1 is 0.929 bits per heavy atom. The van der Waals surface area contributed by atoms with Crippen LogP contribution >= 0.6 is 22.6 Å². The summed E-state index contributed by atoms with van der Waals surface area (Å²) in [4.78, 5) is 12.4. The molecule has 0 aromatic heterocycles. The molecule has 28 heavy (non-hydrogen) atoms. The highest BCUT2D eigenvalue weighted by atomic mass is 127. The van der Waals surface area contributed by atoms with Crippen LogP contribution in [0.4, 0.5) is 11.4 Å². The summed E-state index contributed by atoms with van der Waals surface area (Å²) in [7, 11) is -3.43. The molecule has 144 valence electrons. The van der Waals surface area contributed by atoms with Crippen LogP contribution in [0, 0.1) is 3.57 Å². The Morgan fingerprint density at radius 2 is 1.54 bits per heavy atom. The molecule has 0 saturated heterocycles. The van der Waals surface area contributed by atoms with Crippen LogP contribution in [0.2, 0.25) is 0 Å². The number of carbonyl (C=O) groups is 1. The van der Waals surface area contributed by atoms with Crippen molar-refractivity contribution in [1.29, 1.82) is 0 Å². The van der Waals surface area contributed by atoms with E-state index in [1.54, 1.807) is 48.5 Å². The fraction of sp³-hybridized carbons (Fsp3) is 0.0952. The van der Waals surface area contributed by atoms with E-state index in [1.165, 1.54) is 10.6 Å². The van der Waals surface area contributed by atoms with Crippen LogP contribution in [-0.2, 0) is 16.6 Å². The van der Waals surface area contributed by atoms with Crippen LogP contribution in [0.5, 0.6) is 0 Å². The number of anilines is 2. The third-order valence-electron chi connectivity index (χ3n) is 4.09. The standard InChI is InChI=1S/C21H19IN2O3S/c1-28(26,27)24(20-5-3-2-4-6-20)15-16-7-9-17(10-8-16)21(25)23-19-13-11-18(22)12-14-19/h2-14H,15H2,1H3,(H,23,25). The minimum atomic E-state index is -3.43. The molecule has 7 heteroatoms. The molecule has 0 aliphatic rings. The van der Waals surface area contributed by atoms with Gasteiger partial charge in [0.2, 0.25) is 10.0 Å². The molecule has 0 bridgehead atoms. The molecule has 3 aromatic carbocycles. The van der Waals surface area contributed by atoms with Gasteiger partial charge in [0, 0.05) is 14.8 Å². The third-order valence-corrected chi connectivity index (χ3v) is 5.95. The van der Waals surface area contributed by atoms with Gasteiger partial charge in [-0.1, -0.05) is 30.3 Å². The second-order valence-corrected chi connectivity index (χ2v) is 9.42. The van der Waals surface area contributed by atoms with E-state index in [-0.39, 0.29) is 12.5 Å². The number of hydrogen-bond donors (Lipinski definition) is 1. The number of nitrogens with one attached hydrogen (secondary N) is 1. The zero-order valence-corrected chi connectivity index (χ0v) is 18.1. The van der Waals surface area contributed by atoms with E-state index in [0.717, 1.165) is 14.8 Å². The highest BCUT2D eigenvalue weighted by molar-refractivity contribution is 14.1. The largest absolute Gasteiger partial charge is 0.322 e. The number of para-hydroxylation sites is 1. The zero-order valence-electron chi connectivity index (χ0n) is 15.2. The van der Waals surface area contributed by atoms with E-state index in [4.69, 9.17) is 0 Å². The van der Waals surface area contributed by atoms with Gasteiger partial charge in [-0.25, -0.2) is 8.42 Å². The summed E-state index contributed by atoms with van der Waals surface area (Å²) in [5.41, 5.74) is 2.63. The van der Waals surface area contributed by atoms with Gasteiger partial charge in [-0.3, -0.25) is 9.10 Å². The lowest BCUT2D eigenvalue weighted by Crippen LogP contribution is -2.29. The molecule has 3 rings (SSSR count). The van der Waals surface area contributed by atoms with E-state index >= 15 is 0 Å². The van der Waals surface area contributed by atoms with Crippen LogP contribution in [0.25, 0.3) is 0 Å². The van der Waals surface area contributed by atoms with Crippen molar-refractivity contribution in [3.05, 3.63) is 93.6 Å². The maximum absolute atomic E-state index is 12.4. The highest BCUT2D eigenvalue weighted by Gasteiger charge is 2.17. The Kier molecular flexibility index (Phi) is 6.35. The molecule has 1 amide bonds. The van der Waals surface area contributed by atoms with E-state index in [1.807, 2.05) is 30.3 Å².